The van der Waals surface area contributed by atoms with E-state index in [2.05, 4.69) is 83.8 Å². The average molecular weight is 423 g/mol. The minimum Gasteiger partial charge on any atom is -0.414 e. The quantitative estimate of drug-likeness (QED) is 0.211. The molecule has 0 aliphatic heterocycles. The average Bonchev–Trinajstić information content (AvgIpc) is 2.58. The van der Waals surface area contributed by atoms with Crippen LogP contribution in [0.4, 0.5) is 0 Å². The van der Waals surface area contributed by atoms with Gasteiger partial charge in [0.15, 0.2) is 16.6 Å². The summed E-state index contributed by atoms with van der Waals surface area (Å²) in [4.78, 5) is 0. The molecule has 0 atom stereocenters. The lowest BCUT2D eigenvalue weighted by Gasteiger charge is -2.35. The first kappa shape index (κ1) is 25.3. The number of benzene rings is 1. The number of hydrogen-bond acceptors (Lipinski definition) is 3. The van der Waals surface area contributed by atoms with Crippen molar-refractivity contribution in [3.8, 4) is 0 Å². The Kier molecular flexibility index (Phi) is 10.4. The lowest BCUT2D eigenvalue weighted by Crippen LogP contribution is -2.40. The minimum absolute atomic E-state index is 0.237. The molecule has 0 saturated carbocycles. The van der Waals surface area contributed by atoms with Crippen LogP contribution in [-0.2, 0) is 20.2 Å². The van der Waals surface area contributed by atoms with Crippen molar-refractivity contribution in [3.63, 3.8) is 0 Å². The Morgan fingerprint density at radius 1 is 0.964 bits per heavy atom. The van der Waals surface area contributed by atoms with Gasteiger partial charge in [-0.05, 0) is 61.8 Å². The van der Waals surface area contributed by atoms with Gasteiger partial charge in [0, 0.05) is 6.61 Å². The van der Waals surface area contributed by atoms with E-state index in [0.717, 1.165) is 26.1 Å². The van der Waals surface area contributed by atoms with Crippen LogP contribution in [0.3, 0.4) is 0 Å². The molecule has 0 heterocycles. The summed E-state index contributed by atoms with van der Waals surface area (Å²) in [6, 6.07) is 10.3. The Morgan fingerprint density at radius 3 is 2.18 bits per heavy atom. The first-order valence-corrected chi connectivity index (χ1v) is 16.8. The van der Waals surface area contributed by atoms with E-state index in [1.165, 1.54) is 11.1 Å². The molecular weight excluding hydrogens is 380 g/mol. The molecule has 0 aromatic heterocycles. The van der Waals surface area contributed by atoms with Gasteiger partial charge in [-0.15, -0.1) is 0 Å². The zero-order chi connectivity index (χ0) is 21.3. The summed E-state index contributed by atoms with van der Waals surface area (Å²) < 4.78 is 18.3. The Labute approximate surface area is 175 Å². The minimum atomic E-state index is -1.71. The van der Waals surface area contributed by atoms with Gasteiger partial charge in [-0.2, -0.15) is 0 Å². The lowest BCUT2D eigenvalue weighted by molar-refractivity contribution is 0.118. The Balaban J connectivity index is 2.49. The summed E-state index contributed by atoms with van der Waals surface area (Å²) in [5, 5.41) is 0.237. The third kappa shape index (κ3) is 10.7. The van der Waals surface area contributed by atoms with E-state index in [1.54, 1.807) is 0 Å². The van der Waals surface area contributed by atoms with Gasteiger partial charge in [-0.25, -0.2) is 0 Å². The van der Waals surface area contributed by atoms with Crippen molar-refractivity contribution in [1.29, 1.82) is 0 Å². The van der Waals surface area contributed by atoms with E-state index in [0.29, 0.717) is 13.2 Å². The predicted molar refractivity (Wildman–Crippen MR) is 126 cm³/mol. The number of rotatable bonds is 12. The molecule has 0 N–H and O–H groups in total. The third-order valence-electron chi connectivity index (χ3n) is 5.21. The van der Waals surface area contributed by atoms with E-state index in [1.807, 2.05) is 6.07 Å². The highest BCUT2D eigenvalue weighted by molar-refractivity contribution is 6.74. The molecular formula is C23H42O3Si2. The van der Waals surface area contributed by atoms with Crippen LogP contribution in [0, 0.1) is 0 Å². The molecule has 0 unspecified atom stereocenters. The maximum absolute atomic E-state index is 6.33. The zero-order valence-corrected chi connectivity index (χ0v) is 21.4. The van der Waals surface area contributed by atoms with Crippen LogP contribution in [0.25, 0.3) is 0 Å². The second kappa shape index (κ2) is 11.5. The monoisotopic (exact) mass is 422 g/mol. The first-order chi connectivity index (χ1) is 12.9. The standard InChI is InChI=1S/C23H42O3Si2/c1-23(2,3)28(7,8)25-18-16-22(20-26-27(4,5)6)15-12-17-24-19-21-13-10-9-11-14-21/h9-11,13-14,16H,12,15,17-20H2,1-8H3/b22-16-. The van der Waals surface area contributed by atoms with E-state index in [4.69, 9.17) is 13.6 Å². The van der Waals surface area contributed by atoms with E-state index >= 15 is 0 Å². The molecule has 1 rings (SSSR count). The molecule has 3 nitrogen and oxygen atoms in total. The van der Waals surface area contributed by atoms with Gasteiger partial charge in [0.2, 0.25) is 0 Å². The molecule has 1 aromatic carbocycles. The third-order valence-corrected chi connectivity index (χ3v) is 10.7. The van der Waals surface area contributed by atoms with Crippen molar-refractivity contribution < 1.29 is 13.6 Å². The second-order valence-electron chi connectivity index (χ2n) is 9.98. The zero-order valence-electron chi connectivity index (χ0n) is 19.4. The van der Waals surface area contributed by atoms with Crippen LogP contribution >= 0.6 is 0 Å². The predicted octanol–water partition coefficient (Wildman–Crippen LogP) is 6.78. The summed E-state index contributed by atoms with van der Waals surface area (Å²) >= 11 is 0. The Bertz CT molecular complexity index is 584. The first-order valence-electron chi connectivity index (χ1n) is 10.5. The molecule has 1 aromatic rings. The molecule has 5 heteroatoms. The summed E-state index contributed by atoms with van der Waals surface area (Å²) in [5.41, 5.74) is 2.56. The Morgan fingerprint density at radius 2 is 1.61 bits per heavy atom. The maximum Gasteiger partial charge on any atom is 0.192 e. The molecule has 160 valence electrons. The largest absolute Gasteiger partial charge is 0.414 e. The molecule has 0 radical (unpaired) electrons. The van der Waals surface area contributed by atoms with E-state index in [9.17, 15) is 0 Å². The fourth-order valence-electron chi connectivity index (χ4n) is 2.29. The molecule has 28 heavy (non-hydrogen) atoms. The van der Waals surface area contributed by atoms with Crippen LogP contribution in [-0.4, -0.2) is 36.5 Å². The summed E-state index contributed by atoms with van der Waals surface area (Å²) in [7, 11) is -3.24. The molecule has 0 bridgehead atoms. The molecule has 0 fully saturated rings. The molecule has 0 aliphatic carbocycles. The molecule has 0 amide bonds. The SMILES string of the molecule is CC(C)(C)[Si](C)(C)OC/C=C(/CCCOCc1ccccc1)CO[Si](C)(C)C. The number of hydrogen-bond donors (Lipinski definition) is 0. The van der Waals surface area contributed by atoms with Gasteiger partial charge >= 0.3 is 0 Å². The van der Waals surface area contributed by atoms with Crippen molar-refractivity contribution >= 4 is 16.6 Å². The van der Waals surface area contributed by atoms with Crippen LogP contribution < -0.4 is 0 Å². The van der Waals surface area contributed by atoms with Crippen molar-refractivity contribution in [3.05, 3.63) is 47.5 Å². The fraction of sp³-hybridized carbons (Fsp3) is 0.652. The van der Waals surface area contributed by atoms with Gasteiger partial charge in [0.05, 0.1) is 19.8 Å². The highest BCUT2D eigenvalue weighted by Crippen LogP contribution is 2.36. The summed E-state index contributed by atoms with van der Waals surface area (Å²) in [5.74, 6) is 0. The smallest absolute Gasteiger partial charge is 0.192 e. The van der Waals surface area contributed by atoms with Crippen molar-refractivity contribution in [2.45, 2.75) is 78.0 Å². The van der Waals surface area contributed by atoms with Crippen LogP contribution in [0.15, 0.2) is 42.0 Å². The molecule has 0 saturated heterocycles. The van der Waals surface area contributed by atoms with Crippen molar-refractivity contribution in [2.75, 3.05) is 19.8 Å². The highest BCUT2D eigenvalue weighted by Gasteiger charge is 2.36. The highest BCUT2D eigenvalue weighted by atomic mass is 28.4. The topological polar surface area (TPSA) is 27.7 Å². The van der Waals surface area contributed by atoms with Gasteiger partial charge in [-0.3, -0.25) is 0 Å². The van der Waals surface area contributed by atoms with E-state index < -0.39 is 16.6 Å². The van der Waals surface area contributed by atoms with Crippen LogP contribution in [0.1, 0.15) is 39.2 Å². The van der Waals surface area contributed by atoms with Crippen LogP contribution in [0.5, 0.6) is 0 Å². The summed E-state index contributed by atoms with van der Waals surface area (Å²) in [6.07, 6.45) is 4.26. The molecule has 0 aliphatic rings. The molecule has 0 spiro atoms. The van der Waals surface area contributed by atoms with Crippen molar-refractivity contribution in [2.24, 2.45) is 0 Å². The second-order valence-corrected chi connectivity index (χ2v) is 19.3. The van der Waals surface area contributed by atoms with Gasteiger partial charge in [0.25, 0.3) is 0 Å². The number of ether oxygens (including phenoxy) is 1. The summed E-state index contributed by atoms with van der Waals surface area (Å²) in [6.45, 7) is 21.0. The van der Waals surface area contributed by atoms with Gasteiger partial charge < -0.3 is 13.6 Å². The van der Waals surface area contributed by atoms with Crippen molar-refractivity contribution in [1.82, 2.24) is 0 Å². The van der Waals surface area contributed by atoms with E-state index in [-0.39, 0.29) is 5.04 Å². The van der Waals surface area contributed by atoms with Gasteiger partial charge in [0.1, 0.15) is 0 Å². The maximum atomic E-state index is 6.33. The van der Waals surface area contributed by atoms with Crippen LogP contribution in [0.2, 0.25) is 37.8 Å². The Hall–Kier alpha value is -0.726. The van der Waals surface area contributed by atoms with Gasteiger partial charge in [-0.1, -0.05) is 57.2 Å². The normalized spacial score (nSPS) is 13.8. The lowest BCUT2D eigenvalue weighted by atomic mass is 10.1. The fourth-order valence-corrected chi connectivity index (χ4v) is 3.84.